The van der Waals surface area contributed by atoms with Crippen molar-refractivity contribution in [1.82, 2.24) is 14.8 Å². The van der Waals surface area contributed by atoms with E-state index in [4.69, 9.17) is 33.3 Å². The summed E-state index contributed by atoms with van der Waals surface area (Å²) in [6, 6.07) is 4.78. The highest BCUT2D eigenvalue weighted by Crippen LogP contribution is 2.30. The second-order valence-corrected chi connectivity index (χ2v) is 6.91. The number of rotatable bonds is 5. The number of carbonyl (C=O) groups is 1. The topological polar surface area (TPSA) is 93.8 Å². The molecule has 0 bridgehead atoms. The van der Waals surface area contributed by atoms with E-state index >= 15 is 0 Å². The van der Waals surface area contributed by atoms with E-state index in [1.807, 2.05) is 0 Å². The van der Waals surface area contributed by atoms with Crippen molar-refractivity contribution in [2.45, 2.75) is 25.2 Å². The Bertz CT molecular complexity index is 868. The molecule has 1 fully saturated rings. The number of ether oxygens (including phenoxy) is 2. The third-order valence-corrected chi connectivity index (χ3v) is 4.99. The molecule has 0 aliphatic carbocycles. The summed E-state index contributed by atoms with van der Waals surface area (Å²) in [6.07, 6.45) is -0.197. The molecule has 1 unspecified atom stereocenters. The van der Waals surface area contributed by atoms with E-state index in [1.165, 1.54) is 7.11 Å². The van der Waals surface area contributed by atoms with Crippen LogP contribution in [0.1, 0.15) is 6.42 Å². The fourth-order valence-electron chi connectivity index (χ4n) is 3.20. The Morgan fingerprint density at radius 3 is 3.00 bits per heavy atom. The third-order valence-electron chi connectivity index (χ3n) is 4.44. The lowest BCUT2D eigenvalue weighted by atomic mass is 10.2. The molecule has 10 heteroatoms. The monoisotopic (exact) mass is 399 g/mol. The summed E-state index contributed by atoms with van der Waals surface area (Å²) in [5.41, 5.74) is 0.686. The van der Waals surface area contributed by atoms with Crippen LogP contribution in [0.2, 0.25) is 5.02 Å². The van der Waals surface area contributed by atoms with Gasteiger partial charge in [0.1, 0.15) is 18.4 Å². The van der Waals surface area contributed by atoms with Gasteiger partial charge in [-0.15, -0.1) is 0 Å². The normalized spacial score (nSPS) is 22.4. The van der Waals surface area contributed by atoms with Gasteiger partial charge in [-0.3, -0.25) is 5.10 Å². The molecule has 1 aliphatic heterocycles. The number of hydrogen-bond acceptors (Lipinski definition) is 6. The van der Waals surface area contributed by atoms with Crippen molar-refractivity contribution in [1.29, 1.82) is 0 Å². The van der Waals surface area contributed by atoms with Gasteiger partial charge in [0.05, 0.1) is 19.8 Å². The van der Waals surface area contributed by atoms with Crippen molar-refractivity contribution in [2.24, 2.45) is 0 Å². The number of benzene rings is 1. The second kappa shape index (κ2) is 7.75. The Kier molecular flexibility index (Phi) is 5.61. The lowest BCUT2D eigenvalue weighted by Crippen LogP contribution is -3.14. The summed E-state index contributed by atoms with van der Waals surface area (Å²) in [5, 5.41) is 13.6. The molecule has 3 N–H and O–H groups in total. The molecule has 1 aromatic heterocycles. The van der Waals surface area contributed by atoms with Crippen LogP contribution < -0.4 is 9.64 Å². The fourth-order valence-corrected chi connectivity index (χ4v) is 3.57. The smallest absolute Gasteiger partial charge is 0.364 e. The van der Waals surface area contributed by atoms with Gasteiger partial charge in [-0.1, -0.05) is 11.6 Å². The zero-order valence-electron chi connectivity index (χ0n) is 14.4. The number of likely N-dealkylation sites (tertiary alicyclic amines) is 1. The van der Waals surface area contributed by atoms with Gasteiger partial charge in [-0.2, -0.15) is 4.98 Å². The fraction of sp³-hybridized carbons (Fsp3) is 0.438. The number of aromatic nitrogens is 3. The first kappa shape index (κ1) is 18.8. The van der Waals surface area contributed by atoms with Gasteiger partial charge < -0.3 is 19.5 Å². The van der Waals surface area contributed by atoms with E-state index in [0.717, 1.165) is 4.90 Å². The minimum atomic E-state index is -0.557. The van der Waals surface area contributed by atoms with Gasteiger partial charge in [0.15, 0.2) is 18.5 Å². The van der Waals surface area contributed by atoms with E-state index in [9.17, 15) is 9.90 Å². The van der Waals surface area contributed by atoms with E-state index in [1.54, 1.807) is 30.0 Å². The van der Waals surface area contributed by atoms with Gasteiger partial charge in [-0.25, -0.2) is 9.48 Å². The molecule has 3 rings (SSSR count). The highest BCUT2D eigenvalue weighted by Gasteiger charge is 2.41. The van der Waals surface area contributed by atoms with Crippen molar-refractivity contribution in [3.8, 4) is 17.1 Å². The Hall–Kier alpha value is -1.94. The zero-order valence-corrected chi connectivity index (χ0v) is 15.9. The maximum Gasteiger partial charge on any atom is 0.364 e. The third kappa shape index (κ3) is 3.75. The van der Waals surface area contributed by atoms with Crippen LogP contribution in [0.5, 0.6) is 5.75 Å². The first-order valence-corrected chi connectivity index (χ1v) is 8.82. The Morgan fingerprint density at radius 2 is 2.31 bits per heavy atom. The molecule has 140 valence electrons. The standard InChI is InChI=1S/C16H19ClN4O4S/c1-24-13-4-3-9(17)5-11(13)14-18-16(26)21(19-14)8-20-7-10(22)6-12(20)15(23)25-2/h3-5,10,12,22H,6-8H2,1-2H3,(H,18,19,26)/p+1/t10-,12-/m0/s1. The van der Waals surface area contributed by atoms with Crippen molar-refractivity contribution in [2.75, 3.05) is 20.8 Å². The van der Waals surface area contributed by atoms with Crippen LogP contribution in [0.15, 0.2) is 18.2 Å². The average molecular weight is 400 g/mol. The molecule has 0 spiro atoms. The Labute approximate surface area is 160 Å². The van der Waals surface area contributed by atoms with Gasteiger partial charge in [0.25, 0.3) is 0 Å². The molecule has 0 radical (unpaired) electrons. The van der Waals surface area contributed by atoms with Crippen LogP contribution in [0.4, 0.5) is 0 Å². The quantitative estimate of drug-likeness (QED) is 0.498. The van der Waals surface area contributed by atoms with Gasteiger partial charge >= 0.3 is 5.97 Å². The van der Waals surface area contributed by atoms with E-state index in [2.05, 4.69) is 10.1 Å². The summed E-state index contributed by atoms with van der Waals surface area (Å²) in [4.78, 5) is 17.2. The molecule has 3 atom stereocenters. The Morgan fingerprint density at radius 1 is 1.54 bits per heavy atom. The van der Waals surface area contributed by atoms with Crippen molar-refractivity contribution < 1.29 is 24.3 Å². The second-order valence-electron chi connectivity index (χ2n) is 6.11. The van der Waals surface area contributed by atoms with Crippen molar-refractivity contribution in [3.05, 3.63) is 28.0 Å². The number of aliphatic hydroxyl groups excluding tert-OH is 1. The maximum atomic E-state index is 11.9. The van der Waals surface area contributed by atoms with E-state index in [-0.39, 0.29) is 5.97 Å². The number of aliphatic hydroxyl groups is 1. The number of H-pyrrole nitrogens is 1. The first-order chi connectivity index (χ1) is 12.4. The summed E-state index contributed by atoms with van der Waals surface area (Å²) in [6.45, 7) is 0.780. The number of quaternary nitrogens is 1. The lowest BCUT2D eigenvalue weighted by Gasteiger charge is -2.19. The average Bonchev–Trinajstić information content (AvgIpc) is 3.17. The summed E-state index contributed by atoms with van der Waals surface area (Å²) in [7, 11) is 2.91. The molecule has 8 nitrogen and oxygen atoms in total. The number of methoxy groups -OCH3 is 2. The molecular weight excluding hydrogens is 380 g/mol. The molecule has 26 heavy (non-hydrogen) atoms. The van der Waals surface area contributed by atoms with E-state index in [0.29, 0.717) is 46.6 Å². The molecule has 1 aliphatic rings. The molecule has 2 heterocycles. The number of carbonyl (C=O) groups excluding carboxylic acids is 1. The Balaban J connectivity index is 1.89. The predicted molar refractivity (Wildman–Crippen MR) is 96.7 cm³/mol. The molecule has 0 saturated carbocycles. The van der Waals surface area contributed by atoms with Crippen LogP contribution in [0.25, 0.3) is 11.4 Å². The SMILES string of the molecule is COC(=O)[C@@H]1C[C@H](O)C[NH+]1Cn1[nH]c(-c2cc(Cl)ccc2OC)nc1=S. The summed E-state index contributed by atoms with van der Waals surface area (Å²) >= 11 is 11.4. The highest BCUT2D eigenvalue weighted by molar-refractivity contribution is 7.71. The molecular formula is C16H20ClN4O4S+. The van der Waals surface area contributed by atoms with Crippen LogP contribution >= 0.6 is 23.8 Å². The van der Waals surface area contributed by atoms with Crippen LogP contribution in [-0.2, 0) is 16.2 Å². The number of nitrogens with zero attached hydrogens (tertiary/aromatic N) is 2. The highest BCUT2D eigenvalue weighted by atomic mass is 35.5. The van der Waals surface area contributed by atoms with E-state index < -0.39 is 12.1 Å². The molecule has 1 aromatic carbocycles. The van der Waals surface area contributed by atoms with Crippen molar-refractivity contribution >= 4 is 29.8 Å². The maximum absolute atomic E-state index is 11.9. The van der Waals surface area contributed by atoms with Crippen molar-refractivity contribution in [3.63, 3.8) is 0 Å². The molecule has 2 aromatic rings. The van der Waals surface area contributed by atoms with Crippen LogP contribution in [-0.4, -0.2) is 58.8 Å². The van der Waals surface area contributed by atoms with Gasteiger partial charge in [-0.05, 0) is 30.4 Å². The minimum absolute atomic E-state index is 0.333. The predicted octanol–water partition coefficient (Wildman–Crippen LogP) is 0.418. The molecule has 0 amide bonds. The molecule has 1 saturated heterocycles. The van der Waals surface area contributed by atoms with Gasteiger partial charge in [0, 0.05) is 11.4 Å². The number of nitrogens with one attached hydrogen (secondary N) is 2. The number of halogens is 1. The minimum Gasteiger partial charge on any atom is -0.496 e. The van der Waals surface area contributed by atoms with Crippen LogP contribution in [0.3, 0.4) is 0 Å². The lowest BCUT2D eigenvalue weighted by molar-refractivity contribution is -0.928. The number of aromatic amines is 1. The zero-order chi connectivity index (χ0) is 18.8. The summed E-state index contributed by atoms with van der Waals surface area (Å²) in [5.74, 6) is 0.782. The van der Waals surface area contributed by atoms with Crippen LogP contribution in [0, 0.1) is 4.77 Å². The number of esters is 1. The largest absolute Gasteiger partial charge is 0.496 e. The number of hydrogen-bond donors (Lipinski definition) is 3. The summed E-state index contributed by atoms with van der Waals surface area (Å²) < 4.78 is 12.2. The van der Waals surface area contributed by atoms with Gasteiger partial charge in [0.2, 0.25) is 4.77 Å². The first-order valence-electron chi connectivity index (χ1n) is 8.04.